The zero-order valence-corrected chi connectivity index (χ0v) is 15.9. The molecule has 2 N–H and O–H groups in total. The molecule has 0 aliphatic rings. The Kier molecular flexibility index (Phi) is 5.40. The first-order valence-electron chi connectivity index (χ1n) is 9.66. The highest BCUT2D eigenvalue weighted by atomic mass is 16.1. The quantitative estimate of drug-likeness (QED) is 0.426. The van der Waals surface area contributed by atoms with Crippen LogP contribution in [0.5, 0.6) is 0 Å². The SMILES string of the molecule is N#CC(CCc1c[nH]c2ccccc12)Nc1ccccc1C(=O)c1ccccc1. The molecule has 29 heavy (non-hydrogen) atoms. The standard InChI is InChI=1S/C25H21N3O/c26-16-20(15-14-19-17-27-23-12-6-4-10-21(19)23)28-24-13-7-5-11-22(24)25(29)18-8-2-1-3-9-18/h1-13,17,20,27-28H,14-15H2. The lowest BCUT2D eigenvalue weighted by Crippen LogP contribution is -2.20. The highest BCUT2D eigenvalue weighted by Crippen LogP contribution is 2.23. The lowest BCUT2D eigenvalue weighted by Gasteiger charge is -2.16. The van der Waals surface area contributed by atoms with Crippen LogP contribution >= 0.6 is 0 Å². The Balaban J connectivity index is 1.50. The van der Waals surface area contributed by atoms with Crippen LogP contribution in [0.25, 0.3) is 10.9 Å². The number of aryl methyl sites for hydroxylation is 1. The van der Waals surface area contributed by atoms with Gasteiger partial charge in [-0.3, -0.25) is 4.79 Å². The Bertz CT molecular complexity index is 1170. The molecule has 142 valence electrons. The number of ketones is 1. The highest BCUT2D eigenvalue weighted by Gasteiger charge is 2.16. The molecule has 4 aromatic rings. The van der Waals surface area contributed by atoms with Crippen LogP contribution in [-0.2, 0) is 6.42 Å². The van der Waals surface area contributed by atoms with Gasteiger partial charge in [-0.2, -0.15) is 5.26 Å². The molecule has 0 aliphatic heterocycles. The Hall–Kier alpha value is -3.84. The summed E-state index contributed by atoms with van der Waals surface area (Å²) in [5, 5.41) is 14.1. The Morgan fingerprint density at radius 1 is 0.966 bits per heavy atom. The van der Waals surface area contributed by atoms with Crippen molar-refractivity contribution in [1.82, 2.24) is 4.98 Å². The molecule has 4 rings (SSSR count). The predicted molar refractivity (Wildman–Crippen MR) is 116 cm³/mol. The largest absolute Gasteiger partial charge is 0.369 e. The van der Waals surface area contributed by atoms with Crippen LogP contribution in [0.2, 0.25) is 0 Å². The molecule has 0 saturated carbocycles. The average Bonchev–Trinajstić information content (AvgIpc) is 3.20. The van der Waals surface area contributed by atoms with Gasteiger partial charge in [-0.1, -0.05) is 60.7 Å². The van der Waals surface area contributed by atoms with Crippen LogP contribution in [0.1, 0.15) is 27.9 Å². The van der Waals surface area contributed by atoms with E-state index >= 15 is 0 Å². The molecule has 1 atom stereocenters. The fourth-order valence-electron chi connectivity index (χ4n) is 3.55. The molecule has 4 heteroatoms. The van der Waals surface area contributed by atoms with Crippen molar-refractivity contribution in [3.8, 4) is 6.07 Å². The van der Waals surface area contributed by atoms with Gasteiger partial charge < -0.3 is 10.3 Å². The zero-order valence-electron chi connectivity index (χ0n) is 15.9. The third-order valence-electron chi connectivity index (χ3n) is 5.07. The third kappa shape index (κ3) is 4.04. The number of H-pyrrole nitrogens is 1. The summed E-state index contributed by atoms with van der Waals surface area (Å²) < 4.78 is 0. The fourth-order valence-corrected chi connectivity index (χ4v) is 3.55. The molecule has 0 amide bonds. The van der Waals surface area contributed by atoms with Crippen LogP contribution in [0.15, 0.2) is 85.1 Å². The lowest BCUT2D eigenvalue weighted by atomic mass is 10.0. The van der Waals surface area contributed by atoms with Crippen LogP contribution in [0, 0.1) is 11.3 Å². The molecule has 0 fully saturated rings. The van der Waals surface area contributed by atoms with E-state index in [1.807, 2.05) is 60.8 Å². The van der Waals surface area contributed by atoms with E-state index in [1.165, 1.54) is 10.9 Å². The van der Waals surface area contributed by atoms with E-state index in [4.69, 9.17) is 0 Å². The number of hydrogen-bond acceptors (Lipinski definition) is 3. The van der Waals surface area contributed by atoms with Crippen LogP contribution in [0.4, 0.5) is 5.69 Å². The molecule has 0 radical (unpaired) electrons. The number of nitrogens with one attached hydrogen (secondary N) is 2. The molecule has 0 bridgehead atoms. The summed E-state index contributed by atoms with van der Waals surface area (Å²) in [7, 11) is 0. The van der Waals surface area contributed by atoms with Crippen molar-refractivity contribution in [2.24, 2.45) is 0 Å². The number of nitrogens with zero attached hydrogens (tertiary/aromatic N) is 1. The van der Waals surface area contributed by atoms with Gasteiger partial charge in [0.1, 0.15) is 6.04 Å². The van der Waals surface area contributed by atoms with Crippen LogP contribution in [0.3, 0.4) is 0 Å². The second-order valence-electron chi connectivity index (χ2n) is 6.96. The first-order valence-corrected chi connectivity index (χ1v) is 9.66. The molecule has 4 nitrogen and oxygen atoms in total. The first kappa shape index (κ1) is 18.5. The van der Waals surface area contributed by atoms with Gasteiger partial charge in [-0.25, -0.2) is 0 Å². The molecule has 0 spiro atoms. The van der Waals surface area contributed by atoms with Crippen LogP contribution in [-0.4, -0.2) is 16.8 Å². The highest BCUT2D eigenvalue weighted by molar-refractivity contribution is 6.12. The lowest BCUT2D eigenvalue weighted by molar-refractivity contribution is 0.103. The summed E-state index contributed by atoms with van der Waals surface area (Å²) in [6, 6.07) is 26.7. The Labute approximate surface area is 169 Å². The number of carbonyl (C=O) groups is 1. The fraction of sp³-hybridized carbons (Fsp3) is 0.120. The molecular weight excluding hydrogens is 358 g/mol. The smallest absolute Gasteiger partial charge is 0.195 e. The first-order chi connectivity index (χ1) is 14.3. The third-order valence-corrected chi connectivity index (χ3v) is 5.07. The Morgan fingerprint density at radius 2 is 1.69 bits per heavy atom. The molecule has 3 aromatic carbocycles. The number of fused-ring (bicyclic) bond motifs is 1. The normalized spacial score (nSPS) is 11.7. The van der Waals surface area contributed by atoms with E-state index in [0.29, 0.717) is 23.2 Å². The second kappa shape index (κ2) is 8.45. The van der Waals surface area contributed by atoms with E-state index in [1.54, 1.807) is 18.2 Å². The average molecular weight is 379 g/mol. The number of benzene rings is 3. The predicted octanol–water partition coefficient (Wildman–Crippen LogP) is 5.34. The maximum absolute atomic E-state index is 12.9. The second-order valence-corrected chi connectivity index (χ2v) is 6.96. The summed E-state index contributed by atoms with van der Waals surface area (Å²) in [5.74, 6) is -0.0537. The van der Waals surface area contributed by atoms with Gasteiger partial charge in [-0.05, 0) is 36.6 Å². The molecule has 0 saturated heterocycles. The van der Waals surface area contributed by atoms with E-state index in [2.05, 4.69) is 22.4 Å². The van der Waals surface area contributed by atoms with Crippen molar-refractivity contribution < 1.29 is 4.79 Å². The number of aromatic nitrogens is 1. The van der Waals surface area contributed by atoms with Crippen molar-refractivity contribution in [2.45, 2.75) is 18.9 Å². The molecule has 0 aliphatic carbocycles. The number of rotatable bonds is 7. The van der Waals surface area contributed by atoms with Gasteiger partial charge in [0.15, 0.2) is 5.78 Å². The molecule has 1 heterocycles. The van der Waals surface area contributed by atoms with Gasteiger partial charge >= 0.3 is 0 Å². The number of anilines is 1. The molecule has 1 aromatic heterocycles. The van der Waals surface area contributed by atoms with Gasteiger partial charge in [0.05, 0.1) is 6.07 Å². The maximum Gasteiger partial charge on any atom is 0.195 e. The van der Waals surface area contributed by atoms with E-state index < -0.39 is 6.04 Å². The van der Waals surface area contributed by atoms with Crippen molar-refractivity contribution in [3.63, 3.8) is 0 Å². The number of aromatic amines is 1. The van der Waals surface area contributed by atoms with Crippen LogP contribution < -0.4 is 5.32 Å². The van der Waals surface area contributed by atoms with E-state index in [0.717, 1.165) is 11.9 Å². The minimum atomic E-state index is -0.395. The summed E-state index contributed by atoms with van der Waals surface area (Å²) in [6.07, 6.45) is 3.42. The van der Waals surface area contributed by atoms with Gasteiger partial charge in [0, 0.05) is 33.9 Å². The number of hydrogen-bond donors (Lipinski definition) is 2. The summed E-state index contributed by atoms with van der Waals surface area (Å²) >= 11 is 0. The minimum Gasteiger partial charge on any atom is -0.369 e. The van der Waals surface area contributed by atoms with Gasteiger partial charge in [0.2, 0.25) is 0 Å². The summed E-state index contributed by atoms with van der Waals surface area (Å²) in [6.45, 7) is 0. The number of para-hydroxylation sites is 2. The monoisotopic (exact) mass is 379 g/mol. The minimum absolute atomic E-state index is 0.0537. The van der Waals surface area contributed by atoms with Gasteiger partial charge in [0.25, 0.3) is 0 Å². The maximum atomic E-state index is 12.9. The van der Waals surface area contributed by atoms with Gasteiger partial charge in [-0.15, -0.1) is 0 Å². The summed E-state index contributed by atoms with van der Waals surface area (Å²) in [4.78, 5) is 16.2. The summed E-state index contributed by atoms with van der Waals surface area (Å²) in [5.41, 5.74) is 4.19. The zero-order chi connectivity index (χ0) is 20.1. The van der Waals surface area contributed by atoms with Crippen molar-refractivity contribution in [2.75, 3.05) is 5.32 Å². The van der Waals surface area contributed by atoms with Crippen molar-refractivity contribution in [3.05, 3.63) is 102 Å². The number of carbonyl (C=O) groups excluding carboxylic acids is 1. The van der Waals surface area contributed by atoms with Crippen molar-refractivity contribution >= 4 is 22.4 Å². The number of nitriles is 1. The molecular formula is C25H21N3O. The molecule has 1 unspecified atom stereocenters. The van der Waals surface area contributed by atoms with Crippen molar-refractivity contribution in [1.29, 1.82) is 5.26 Å². The van der Waals surface area contributed by atoms with E-state index in [9.17, 15) is 10.1 Å². The topological polar surface area (TPSA) is 68.7 Å². The Morgan fingerprint density at radius 3 is 2.52 bits per heavy atom. The van der Waals surface area contributed by atoms with E-state index in [-0.39, 0.29) is 5.78 Å².